The summed E-state index contributed by atoms with van der Waals surface area (Å²) in [6.45, 7) is 2.19. The van der Waals surface area contributed by atoms with Crippen molar-refractivity contribution < 1.29 is 0 Å². The molecular formula is C8H12. The van der Waals surface area contributed by atoms with Gasteiger partial charge in [-0.25, -0.2) is 0 Å². The minimum Gasteiger partial charge on any atom is -0.0845 e. The van der Waals surface area contributed by atoms with Crippen molar-refractivity contribution in [2.45, 2.75) is 26.2 Å². The molecule has 0 aliphatic heterocycles. The van der Waals surface area contributed by atoms with E-state index >= 15 is 0 Å². The van der Waals surface area contributed by atoms with Crippen LogP contribution >= 0.6 is 0 Å². The Bertz CT molecular complexity index is 118. The highest BCUT2D eigenvalue weighted by molar-refractivity contribution is 5.12. The van der Waals surface area contributed by atoms with Gasteiger partial charge in [0.15, 0.2) is 0 Å². The van der Waals surface area contributed by atoms with Crippen LogP contribution < -0.4 is 0 Å². The summed E-state index contributed by atoms with van der Waals surface area (Å²) in [5, 5.41) is 0. The minimum atomic E-state index is 1.26. The molecule has 0 amide bonds. The van der Waals surface area contributed by atoms with Crippen LogP contribution in [0.2, 0.25) is 0 Å². The number of rotatable bonds is 0. The first-order chi connectivity index (χ1) is 3.89. The van der Waals surface area contributed by atoms with E-state index in [-0.39, 0.29) is 0 Å². The van der Waals surface area contributed by atoms with Crippen LogP contribution in [0.25, 0.3) is 0 Å². The molecule has 0 spiro atoms. The van der Waals surface area contributed by atoms with Crippen LogP contribution in [0.3, 0.4) is 0 Å². The van der Waals surface area contributed by atoms with Gasteiger partial charge in [-0.2, -0.15) is 0 Å². The van der Waals surface area contributed by atoms with E-state index in [1.54, 1.807) is 0 Å². The minimum absolute atomic E-state index is 1.26. The van der Waals surface area contributed by atoms with Crippen molar-refractivity contribution in [2.24, 2.45) is 0 Å². The van der Waals surface area contributed by atoms with Crippen molar-refractivity contribution >= 4 is 0 Å². The van der Waals surface area contributed by atoms with Gasteiger partial charge in [0.2, 0.25) is 0 Å². The Kier molecular flexibility index (Phi) is 1.90. The third-order valence-electron chi connectivity index (χ3n) is 1.46. The van der Waals surface area contributed by atoms with Crippen molar-refractivity contribution in [2.75, 3.05) is 0 Å². The van der Waals surface area contributed by atoms with Crippen molar-refractivity contribution in [3.05, 3.63) is 23.8 Å². The Labute approximate surface area is 50.9 Å². The Balaban J connectivity index is 2.52. The van der Waals surface area contributed by atoms with Crippen LogP contribution in [0, 0.1) is 0 Å². The molecule has 0 N–H and O–H groups in total. The van der Waals surface area contributed by atoms with E-state index in [0.717, 1.165) is 0 Å². The van der Waals surface area contributed by atoms with Gasteiger partial charge < -0.3 is 0 Å². The lowest BCUT2D eigenvalue weighted by Crippen LogP contribution is -1.71. The molecule has 0 saturated heterocycles. The van der Waals surface area contributed by atoms with Gasteiger partial charge in [-0.15, -0.1) is 0 Å². The Hall–Kier alpha value is -0.520. The lowest BCUT2D eigenvalue weighted by atomic mass is 10.1. The lowest BCUT2D eigenvalue weighted by molar-refractivity contribution is 0.841. The average Bonchev–Trinajstić information content (AvgIpc) is 1.94. The van der Waals surface area contributed by atoms with Crippen molar-refractivity contribution in [1.82, 2.24) is 0 Å². The molecular weight excluding hydrogens is 96.1 g/mol. The van der Waals surface area contributed by atoms with Crippen molar-refractivity contribution in [1.29, 1.82) is 0 Å². The SMILES string of the molecule is CC1=CC=CCCC1. The Morgan fingerprint density at radius 2 is 2.38 bits per heavy atom. The van der Waals surface area contributed by atoms with Gasteiger partial charge in [0.25, 0.3) is 0 Å². The van der Waals surface area contributed by atoms with E-state index in [2.05, 4.69) is 25.2 Å². The zero-order chi connectivity index (χ0) is 5.82. The number of hydrogen-bond donors (Lipinski definition) is 0. The molecule has 0 fully saturated rings. The third-order valence-corrected chi connectivity index (χ3v) is 1.46. The Morgan fingerprint density at radius 3 is 3.25 bits per heavy atom. The first-order valence-corrected chi connectivity index (χ1v) is 3.22. The number of allylic oxidation sites excluding steroid dienone is 4. The zero-order valence-electron chi connectivity index (χ0n) is 5.35. The average molecular weight is 108 g/mol. The maximum atomic E-state index is 2.23. The second-order valence-electron chi connectivity index (χ2n) is 2.33. The number of hydrogen-bond acceptors (Lipinski definition) is 0. The van der Waals surface area contributed by atoms with Crippen LogP contribution in [-0.4, -0.2) is 0 Å². The molecule has 0 nitrogen and oxygen atoms in total. The van der Waals surface area contributed by atoms with Crippen LogP contribution in [0.15, 0.2) is 23.8 Å². The summed E-state index contributed by atoms with van der Waals surface area (Å²) >= 11 is 0. The van der Waals surface area contributed by atoms with Gasteiger partial charge in [-0.1, -0.05) is 23.8 Å². The molecule has 0 aromatic rings. The molecule has 0 aromatic heterocycles. The van der Waals surface area contributed by atoms with E-state index in [1.807, 2.05) is 0 Å². The first-order valence-electron chi connectivity index (χ1n) is 3.22. The monoisotopic (exact) mass is 108 g/mol. The fourth-order valence-corrected chi connectivity index (χ4v) is 0.911. The summed E-state index contributed by atoms with van der Waals surface area (Å²) in [4.78, 5) is 0. The van der Waals surface area contributed by atoms with E-state index in [9.17, 15) is 0 Å². The van der Waals surface area contributed by atoms with Gasteiger partial charge in [0.05, 0.1) is 0 Å². The highest BCUT2D eigenvalue weighted by atomic mass is 14.0. The zero-order valence-corrected chi connectivity index (χ0v) is 5.35. The molecule has 1 aliphatic rings. The van der Waals surface area contributed by atoms with E-state index in [1.165, 1.54) is 24.8 Å². The summed E-state index contributed by atoms with van der Waals surface area (Å²) in [7, 11) is 0. The molecule has 0 atom stereocenters. The predicted molar refractivity (Wildman–Crippen MR) is 36.7 cm³/mol. The molecule has 0 bridgehead atoms. The smallest absolute Gasteiger partial charge is 0.0317 e. The quantitative estimate of drug-likeness (QED) is 0.447. The van der Waals surface area contributed by atoms with Gasteiger partial charge in [-0.3, -0.25) is 0 Å². The largest absolute Gasteiger partial charge is 0.0845 e. The molecule has 0 aromatic carbocycles. The normalized spacial score (nSPS) is 19.9. The molecule has 1 rings (SSSR count). The molecule has 0 heteroatoms. The third kappa shape index (κ3) is 1.53. The van der Waals surface area contributed by atoms with E-state index < -0.39 is 0 Å². The van der Waals surface area contributed by atoms with E-state index in [0.29, 0.717) is 0 Å². The molecule has 0 saturated carbocycles. The fourth-order valence-electron chi connectivity index (χ4n) is 0.911. The first kappa shape index (κ1) is 5.61. The summed E-state index contributed by atoms with van der Waals surface area (Å²) in [6.07, 6.45) is 10.5. The molecule has 0 unspecified atom stereocenters. The standard InChI is InChI=1S/C8H12/c1-8-6-4-2-3-5-7-8/h2,4,6H,3,5,7H2,1H3. The molecule has 0 heterocycles. The second kappa shape index (κ2) is 2.71. The highest BCUT2D eigenvalue weighted by Gasteiger charge is 1.90. The second-order valence-corrected chi connectivity index (χ2v) is 2.33. The summed E-state index contributed by atoms with van der Waals surface area (Å²) in [6, 6.07) is 0. The topological polar surface area (TPSA) is 0 Å². The molecule has 44 valence electrons. The maximum Gasteiger partial charge on any atom is -0.0317 e. The summed E-state index contributed by atoms with van der Waals surface area (Å²) in [5.41, 5.74) is 1.51. The van der Waals surface area contributed by atoms with Gasteiger partial charge in [0.1, 0.15) is 0 Å². The van der Waals surface area contributed by atoms with Gasteiger partial charge >= 0.3 is 0 Å². The van der Waals surface area contributed by atoms with Crippen LogP contribution in [0.5, 0.6) is 0 Å². The molecule has 1 aliphatic carbocycles. The van der Waals surface area contributed by atoms with Crippen molar-refractivity contribution in [3.8, 4) is 0 Å². The Morgan fingerprint density at radius 1 is 1.50 bits per heavy atom. The highest BCUT2D eigenvalue weighted by Crippen LogP contribution is 2.10. The molecule has 8 heavy (non-hydrogen) atoms. The van der Waals surface area contributed by atoms with Crippen LogP contribution in [0.1, 0.15) is 26.2 Å². The van der Waals surface area contributed by atoms with Gasteiger partial charge in [-0.05, 0) is 26.2 Å². The fraction of sp³-hybridized carbons (Fsp3) is 0.500. The molecule has 0 radical (unpaired) electrons. The van der Waals surface area contributed by atoms with E-state index in [4.69, 9.17) is 0 Å². The van der Waals surface area contributed by atoms with Crippen molar-refractivity contribution in [3.63, 3.8) is 0 Å². The predicted octanol–water partition coefficient (Wildman–Crippen LogP) is 2.67. The van der Waals surface area contributed by atoms with Crippen LogP contribution in [-0.2, 0) is 0 Å². The maximum absolute atomic E-state index is 2.23. The summed E-state index contributed by atoms with van der Waals surface area (Å²) < 4.78 is 0. The van der Waals surface area contributed by atoms with Gasteiger partial charge in [0, 0.05) is 0 Å². The summed E-state index contributed by atoms with van der Waals surface area (Å²) in [5.74, 6) is 0. The van der Waals surface area contributed by atoms with Crippen LogP contribution in [0.4, 0.5) is 0 Å². The lowest BCUT2D eigenvalue weighted by Gasteiger charge is -1.91.